The van der Waals surface area contributed by atoms with Crippen molar-refractivity contribution >= 4 is 0 Å². The maximum atomic E-state index is 14.6. The SMILES string of the molecule is CCC1CC=C(C2CCC(C/C=C\CC3CCC(C(F)(F)Oc4ccc(C(F)(F)F)cc4)OC3)CC2)CC1. The molecule has 1 aromatic carbocycles. The third kappa shape index (κ3) is 8.06. The standard InChI is InChI=1S/C31H41F5O2/c1-2-22-7-12-25(13-8-22)26-14-9-23(10-15-26)5-3-4-6-24-11-20-29(37-21-24)31(35,36)38-28-18-16-27(17-19-28)30(32,33)34/h3-4,12,16-19,22-24,26,29H,2,5-11,13-15,20-21H2,1H3/b4-3-. The first-order valence-corrected chi connectivity index (χ1v) is 14.3. The molecular formula is C31H41F5O2. The molecule has 0 bridgehead atoms. The second kappa shape index (κ2) is 13.0. The van der Waals surface area contributed by atoms with Gasteiger partial charge in [-0.05, 0) is 119 Å². The molecule has 3 unspecified atom stereocenters. The summed E-state index contributed by atoms with van der Waals surface area (Å²) in [6, 6.07) is 3.29. The van der Waals surface area contributed by atoms with E-state index in [2.05, 4.69) is 25.2 Å². The fourth-order valence-corrected chi connectivity index (χ4v) is 6.19. The van der Waals surface area contributed by atoms with E-state index in [9.17, 15) is 22.0 Å². The minimum Gasteiger partial charge on any atom is -0.431 e. The van der Waals surface area contributed by atoms with Crippen LogP contribution in [0.25, 0.3) is 0 Å². The van der Waals surface area contributed by atoms with E-state index in [4.69, 9.17) is 9.47 Å². The van der Waals surface area contributed by atoms with Gasteiger partial charge in [-0.1, -0.05) is 37.1 Å². The van der Waals surface area contributed by atoms with Gasteiger partial charge in [0.25, 0.3) is 0 Å². The Bertz CT molecular complexity index is 921. The Morgan fingerprint density at radius 3 is 2.05 bits per heavy atom. The third-order valence-electron chi connectivity index (χ3n) is 8.79. The molecule has 1 saturated carbocycles. The molecule has 38 heavy (non-hydrogen) atoms. The smallest absolute Gasteiger partial charge is 0.424 e. The van der Waals surface area contributed by atoms with Crippen LogP contribution in [-0.2, 0) is 10.9 Å². The molecule has 0 radical (unpaired) electrons. The number of alkyl halides is 5. The Morgan fingerprint density at radius 1 is 0.842 bits per heavy atom. The van der Waals surface area contributed by atoms with Crippen molar-refractivity contribution in [2.24, 2.45) is 23.7 Å². The number of halogens is 5. The second-order valence-corrected chi connectivity index (χ2v) is 11.4. The first-order valence-electron chi connectivity index (χ1n) is 14.3. The van der Waals surface area contributed by atoms with E-state index in [0.29, 0.717) is 6.42 Å². The van der Waals surface area contributed by atoms with Crippen LogP contribution < -0.4 is 4.74 Å². The van der Waals surface area contributed by atoms with Crippen molar-refractivity contribution in [3.05, 3.63) is 53.6 Å². The lowest BCUT2D eigenvalue weighted by Gasteiger charge is -2.33. The van der Waals surface area contributed by atoms with Gasteiger partial charge in [-0.3, -0.25) is 0 Å². The van der Waals surface area contributed by atoms with Gasteiger partial charge in [-0.2, -0.15) is 22.0 Å². The molecule has 4 rings (SSSR count). The van der Waals surface area contributed by atoms with Crippen LogP contribution >= 0.6 is 0 Å². The van der Waals surface area contributed by atoms with Crippen molar-refractivity contribution in [2.45, 2.75) is 102 Å². The normalized spacial score (nSPS) is 29.3. The number of ether oxygens (including phenoxy) is 2. The second-order valence-electron chi connectivity index (χ2n) is 11.4. The van der Waals surface area contributed by atoms with Gasteiger partial charge in [0.1, 0.15) is 5.75 Å². The number of hydrogen-bond donors (Lipinski definition) is 0. The molecule has 3 atom stereocenters. The Labute approximate surface area is 223 Å². The fourth-order valence-electron chi connectivity index (χ4n) is 6.19. The van der Waals surface area contributed by atoms with Crippen LogP contribution in [0.1, 0.15) is 89.5 Å². The molecule has 1 aliphatic heterocycles. The number of rotatable bonds is 9. The molecule has 1 saturated heterocycles. The van der Waals surface area contributed by atoms with Crippen LogP contribution in [-0.4, -0.2) is 18.8 Å². The van der Waals surface area contributed by atoms with E-state index in [-0.39, 0.29) is 24.7 Å². The quantitative estimate of drug-likeness (QED) is 0.229. The molecule has 1 heterocycles. The van der Waals surface area contributed by atoms with Gasteiger partial charge in [-0.25, -0.2) is 0 Å². The molecule has 2 nitrogen and oxygen atoms in total. The predicted octanol–water partition coefficient (Wildman–Crippen LogP) is 9.75. The van der Waals surface area contributed by atoms with Crippen molar-refractivity contribution < 1.29 is 31.4 Å². The van der Waals surface area contributed by atoms with Crippen molar-refractivity contribution in [3.63, 3.8) is 0 Å². The molecular weight excluding hydrogens is 499 g/mol. The lowest BCUT2D eigenvalue weighted by atomic mass is 9.73. The number of hydrogen-bond acceptors (Lipinski definition) is 2. The van der Waals surface area contributed by atoms with E-state index < -0.39 is 24.0 Å². The van der Waals surface area contributed by atoms with Gasteiger partial charge >= 0.3 is 12.3 Å². The highest BCUT2D eigenvalue weighted by molar-refractivity contribution is 5.29. The molecule has 1 aromatic rings. The van der Waals surface area contributed by atoms with Crippen molar-refractivity contribution in [1.29, 1.82) is 0 Å². The summed E-state index contributed by atoms with van der Waals surface area (Å²) in [4.78, 5) is 0. The highest BCUT2D eigenvalue weighted by Crippen LogP contribution is 2.40. The Hall–Kier alpha value is -1.89. The van der Waals surface area contributed by atoms with Crippen LogP contribution in [0.2, 0.25) is 0 Å². The monoisotopic (exact) mass is 540 g/mol. The summed E-state index contributed by atoms with van der Waals surface area (Å²) in [5, 5.41) is 0. The molecule has 2 aliphatic carbocycles. The summed E-state index contributed by atoms with van der Waals surface area (Å²) in [5.41, 5.74) is 0.808. The van der Waals surface area contributed by atoms with E-state index in [1.54, 1.807) is 5.57 Å². The summed E-state index contributed by atoms with van der Waals surface area (Å²) >= 11 is 0. The molecule has 0 aromatic heterocycles. The van der Waals surface area contributed by atoms with E-state index in [0.717, 1.165) is 54.9 Å². The maximum absolute atomic E-state index is 14.6. The molecule has 212 valence electrons. The third-order valence-corrected chi connectivity index (χ3v) is 8.79. The molecule has 7 heteroatoms. The van der Waals surface area contributed by atoms with E-state index >= 15 is 0 Å². The summed E-state index contributed by atoms with van der Waals surface area (Å²) in [6.45, 7) is 2.52. The van der Waals surface area contributed by atoms with Crippen molar-refractivity contribution in [3.8, 4) is 5.75 Å². The van der Waals surface area contributed by atoms with Crippen LogP contribution in [0.3, 0.4) is 0 Å². The number of allylic oxidation sites excluding steroid dienone is 4. The largest absolute Gasteiger partial charge is 0.431 e. The van der Waals surface area contributed by atoms with Gasteiger partial charge in [0.05, 0.1) is 12.2 Å². The summed E-state index contributed by atoms with van der Waals surface area (Å²) in [5.74, 6) is 2.29. The first kappa shape index (κ1) is 29.1. The van der Waals surface area contributed by atoms with Crippen molar-refractivity contribution in [2.75, 3.05) is 6.61 Å². The topological polar surface area (TPSA) is 18.5 Å². The van der Waals surface area contributed by atoms with Gasteiger partial charge in [-0.15, -0.1) is 0 Å². The predicted molar refractivity (Wildman–Crippen MR) is 139 cm³/mol. The Kier molecular flexibility index (Phi) is 9.94. The lowest BCUT2D eigenvalue weighted by Crippen LogP contribution is -2.44. The molecule has 3 aliphatic rings. The van der Waals surface area contributed by atoms with Crippen LogP contribution in [0.15, 0.2) is 48.1 Å². The minimum atomic E-state index is -4.53. The van der Waals surface area contributed by atoms with Crippen LogP contribution in [0, 0.1) is 23.7 Å². The first-order chi connectivity index (χ1) is 18.1. The van der Waals surface area contributed by atoms with Crippen molar-refractivity contribution in [1.82, 2.24) is 0 Å². The average Bonchev–Trinajstić information content (AvgIpc) is 2.91. The summed E-state index contributed by atoms with van der Waals surface area (Å²) in [7, 11) is 0. The van der Waals surface area contributed by atoms with Crippen LogP contribution in [0.4, 0.5) is 22.0 Å². The van der Waals surface area contributed by atoms with Gasteiger partial charge < -0.3 is 9.47 Å². The molecule has 0 spiro atoms. The zero-order valence-electron chi connectivity index (χ0n) is 22.3. The zero-order valence-corrected chi connectivity index (χ0v) is 22.3. The van der Waals surface area contributed by atoms with Gasteiger partial charge in [0.15, 0.2) is 6.10 Å². The average molecular weight is 541 g/mol. The Balaban J connectivity index is 1.13. The fraction of sp³-hybridized carbons (Fsp3) is 0.677. The summed E-state index contributed by atoms with van der Waals surface area (Å²) in [6.07, 6.45) is 10.5. The zero-order chi connectivity index (χ0) is 27.2. The van der Waals surface area contributed by atoms with Gasteiger partial charge in [0.2, 0.25) is 0 Å². The Morgan fingerprint density at radius 2 is 1.50 bits per heavy atom. The number of benzene rings is 1. The maximum Gasteiger partial charge on any atom is 0.424 e. The molecule has 2 fully saturated rings. The van der Waals surface area contributed by atoms with E-state index in [1.807, 2.05) is 0 Å². The van der Waals surface area contributed by atoms with E-state index in [1.165, 1.54) is 51.4 Å². The lowest BCUT2D eigenvalue weighted by molar-refractivity contribution is -0.264. The molecule has 0 N–H and O–H groups in total. The van der Waals surface area contributed by atoms with Gasteiger partial charge in [0, 0.05) is 0 Å². The minimum absolute atomic E-state index is 0.144. The molecule has 0 amide bonds. The highest BCUT2D eigenvalue weighted by Gasteiger charge is 2.45. The highest BCUT2D eigenvalue weighted by atomic mass is 19.4. The summed E-state index contributed by atoms with van der Waals surface area (Å²) < 4.78 is 77.3. The van der Waals surface area contributed by atoms with Crippen LogP contribution in [0.5, 0.6) is 5.75 Å².